The zero-order chi connectivity index (χ0) is 47.4. The van der Waals surface area contributed by atoms with Crippen LogP contribution in [-0.4, -0.2) is 49.3 Å². The van der Waals surface area contributed by atoms with Crippen molar-refractivity contribution in [2.24, 2.45) is 5.73 Å². The highest BCUT2D eigenvalue weighted by Crippen LogP contribution is 2.43. The summed E-state index contributed by atoms with van der Waals surface area (Å²) < 4.78 is 32.9. The van der Waals surface area contributed by atoms with Crippen LogP contribution < -0.4 is 5.73 Å². The van der Waals surface area contributed by atoms with E-state index in [2.05, 4.69) is 98.9 Å². The molecule has 0 spiro atoms. The molecule has 0 aromatic heterocycles. The number of esters is 2. The zero-order valence-electron chi connectivity index (χ0n) is 41.4. The first-order chi connectivity index (χ1) is 31.8. The van der Waals surface area contributed by atoms with Gasteiger partial charge in [-0.1, -0.05) is 202 Å². The lowest BCUT2D eigenvalue weighted by molar-refractivity contribution is -0.161. The molecule has 2 atom stereocenters. The Labute approximate surface area is 398 Å². The standard InChI is InChI=1S/C55H96NO8P/c1-3-5-7-9-11-13-15-17-19-21-23-24-25-26-27-28-30-32-34-36-38-40-42-44-46-48-55(58)64-53(52-63-65(59,60)62-50-49-56)51-61-54(57)47-45-43-41-39-37-35-33-31-29-22-20-18-16-14-12-10-8-6-4-2/h5,7,11-14,17-20,23-24,26-27,53H,3-4,6,8-10,15-16,21-22,25,28-52,56H2,1-2H3,(H,59,60)/b7-5-,13-11-,14-12-,19-17-,20-18-,24-23-,27-26-. The minimum Gasteiger partial charge on any atom is -0.462 e. The molecule has 0 saturated heterocycles. The van der Waals surface area contributed by atoms with Gasteiger partial charge < -0.3 is 20.1 Å². The van der Waals surface area contributed by atoms with Gasteiger partial charge in [-0.3, -0.25) is 18.6 Å². The second kappa shape index (κ2) is 50.6. The minimum absolute atomic E-state index is 0.0479. The van der Waals surface area contributed by atoms with Gasteiger partial charge in [0.2, 0.25) is 0 Å². The Morgan fingerprint density at radius 1 is 0.477 bits per heavy atom. The summed E-state index contributed by atoms with van der Waals surface area (Å²) in [6, 6.07) is 0. The third kappa shape index (κ3) is 50.4. The van der Waals surface area contributed by atoms with E-state index in [1.54, 1.807) is 0 Å². The molecule has 10 heteroatoms. The normalized spacial score (nSPS) is 13.8. The molecule has 0 amide bonds. The van der Waals surface area contributed by atoms with Crippen LogP contribution >= 0.6 is 7.82 Å². The topological polar surface area (TPSA) is 134 Å². The van der Waals surface area contributed by atoms with E-state index < -0.39 is 26.5 Å². The number of hydrogen-bond donors (Lipinski definition) is 2. The summed E-state index contributed by atoms with van der Waals surface area (Å²) in [5.41, 5.74) is 5.37. The SMILES string of the molecule is CC/C=C\C/C=C\C/C=C\C/C=C\C/C=C\CCCCCCCCCCCC(=O)OC(COC(=O)CCCCCCCCCCC/C=C\C/C=C\CCCCC)COP(=O)(O)OCCN. The molecule has 0 rings (SSSR count). The quantitative estimate of drug-likeness (QED) is 0.0265. The van der Waals surface area contributed by atoms with Crippen molar-refractivity contribution in [1.29, 1.82) is 0 Å². The fourth-order valence-corrected chi connectivity index (χ4v) is 7.69. The predicted octanol–water partition coefficient (Wildman–Crippen LogP) is 16.0. The smallest absolute Gasteiger partial charge is 0.462 e. The fraction of sp³-hybridized carbons (Fsp3) is 0.709. The molecule has 0 aliphatic rings. The van der Waals surface area contributed by atoms with Crippen molar-refractivity contribution in [1.82, 2.24) is 0 Å². The molecule has 0 aliphatic carbocycles. The average Bonchev–Trinajstić information content (AvgIpc) is 3.30. The van der Waals surface area contributed by atoms with Crippen LogP contribution in [0, 0.1) is 0 Å². The molecule has 0 aliphatic heterocycles. The van der Waals surface area contributed by atoms with Gasteiger partial charge in [0.1, 0.15) is 6.61 Å². The van der Waals surface area contributed by atoms with Gasteiger partial charge in [-0.25, -0.2) is 4.57 Å². The van der Waals surface area contributed by atoms with Crippen molar-refractivity contribution in [3.05, 3.63) is 85.1 Å². The number of hydrogen-bond acceptors (Lipinski definition) is 8. The molecule has 0 saturated carbocycles. The Bertz CT molecular complexity index is 1340. The van der Waals surface area contributed by atoms with E-state index in [4.69, 9.17) is 24.3 Å². The first-order valence-corrected chi connectivity index (χ1v) is 27.6. The molecule has 0 bridgehead atoms. The first-order valence-electron chi connectivity index (χ1n) is 26.1. The summed E-state index contributed by atoms with van der Waals surface area (Å²) >= 11 is 0. The van der Waals surface area contributed by atoms with Gasteiger partial charge in [0.05, 0.1) is 13.2 Å². The second-order valence-corrected chi connectivity index (χ2v) is 18.5. The summed E-state index contributed by atoms with van der Waals surface area (Å²) in [5.74, 6) is -0.842. The van der Waals surface area contributed by atoms with Crippen LogP contribution in [0.15, 0.2) is 85.1 Å². The molecule has 0 fully saturated rings. The molecular formula is C55H96NO8P. The highest BCUT2D eigenvalue weighted by molar-refractivity contribution is 7.47. The Morgan fingerprint density at radius 3 is 1.26 bits per heavy atom. The maximum absolute atomic E-state index is 12.7. The van der Waals surface area contributed by atoms with Crippen molar-refractivity contribution >= 4 is 19.8 Å². The lowest BCUT2D eigenvalue weighted by Gasteiger charge is -2.19. The van der Waals surface area contributed by atoms with Crippen molar-refractivity contribution in [2.45, 2.75) is 225 Å². The molecular weight excluding hydrogens is 834 g/mol. The van der Waals surface area contributed by atoms with E-state index >= 15 is 0 Å². The molecule has 65 heavy (non-hydrogen) atoms. The molecule has 3 N–H and O–H groups in total. The van der Waals surface area contributed by atoms with Gasteiger partial charge in [0.15, 0.2) is 6.10 Å². The van der Waals surface area contributed by atoms with Crippen LogP contribution in [0.1, 0.15) is 219 Å². The molecule has 374 valence electrons. The maximum Gasteiger partial charge on any atom is 0.472 e. The molecule has 2 unspecified atom stereocenters. The van der Waals surface area contributed by atoms with Gasteiger partial charge in [-0.15, -0.1) is 0 Å². The molecule has 9 nitrogen and oxygen atoms in total. The van der Waals surface area contributed by atoms with E-state index in [0.717, 1.165) is 96.3 Å². The number of ether oxygens (including phenoxy) is 2. The summed E-state index contributed by atoms with van der Waals surface area (Å²) in [4.78, 5) is 35.1. The number of phosphoric ester groups is 1. The molecule has 0 aromatic rings. The highest BCUT2D eigenvalue weighted by Gasteiger charge is 2.26. The summed E-state index contributed by atoms with van der Waals surface area (Å²) in [6.07, 6.45) is 64.7. The van der Waals surface area contributed by atoms with Gasteiger partial charge in [-0.05, 0) is 89.9 Å². The maximum atomic E-state index is 12.7. The Hall–Kier alpha value is -2.81. The second-order valence-electron chi connectivity index (χ2n) is 17.0. The number of carbonyl (C=O) groups is 2. The summed E-state index contributed by atoms with van der Waals surface area (Å²) in [5, 5.41) is 0. The van der Waals surface area contributed by atoms with Crippen molar-refractivity contribution < 1.29 is 37.6 Å². The Morgan fingerprint density at radius 2 is 0.846 bits per heavy atom. The van der Waals surface area contributed by atoms with Crippen LogP contribution in [0.2, 0.25) is 0 Å². The minimum atomic E-state index is -4.39. The highest BCUT2D eigenvalue weighted by atomic mass is 31.2. The number of phosphoric acid groups is 1. The van der Waals surface area contributed by atoms with E-state index in [-0.39, 0.29) is 38.6 Å². The van der Waals surface area contributed by atoms with Crippen LogP contribution in [0.4, 0.5) is 0 Å². The third-order valence-corrected chi connectivity index (χ3v) is 11.7. The first kappa shape index (κ1) is 62.2. The zero-order valence-corrected chi connectivity index (χ0v) is 42.3. The van der Waals surface area contributed by atoms with Crippen molar-refractivity contribution in [3.8, 4) is 0 Å². The van der Waals surface area contributed by atoms with Gasteiger partial charge in [0.25, 0.3) is 0 Å². The molecule has 0 radical (unpaired) electrons. The monoisotopic (exact) mass is 930 g/mol. The fourth-order valence-electron chi connectivity index (χ4n) is 6.93. The van der Waals surface area contributed by atoms with Crippen molar-refractivity contribution in [2.75, 3.05) is 26.4 Å². The number of carbonyl (C=O) groups excluding carboxylic acids is 2. The largest absolute Gasteiger partial charge is 0.472 e. The van der Waals surface area contributed by atoms with Crippen LogP contribution in [-0.2, 0) is 32.7 Å². The predicted molar refractivity (Wildman–Crippen MR) is 275 cm³/mol. The van der Waals surface area contributed by atoms with Crippen LogP contribution in [0.25, 0.3) is 0 Å². The van der Waals surface area contributed by atoms with Crippen molar-refractivity contribution in [3.63, 3.8) is 0 Å². The van der Waals surface area contributed by atoms with E-state index in [0.29, 0.717) is 6.42 Å². The van der Waals surface area contributed by atoms with E-state index in [9.17, 15) is 19.0 Å². The average molecular weight is 930 g/mol. The van der Waals surface area contributed by atoms with Crippen LogP contribution in [0.3, 0.4) is 0 Å². The Balaban J connectivity index is 4.07. The summed E-state index contributed by atoms with van der Waals surface area (Å²) in [7, 11) is -4.39. The van der Waals surface area contributed by atoms with E-state index in [1.807, 2.05) is 0 Å². The van der Waals surface area contributed by atoms with Gasteiger partial charge in [-0.2, -0.15) is 0 Å². The number of rotatable bonds is 48. The lowest BCUT2D eigenvalue weighted by Crippen LogP contribution is -2.29. The van der Waals surface area contributed by atoms with E-state index in [1.165, 1.54) is 89.9 Å². The number of allylic oxidation sites excluding steroid dienone is 14. The lowest BCUT2D eigenvalue weighted by atomic mass is 10.1. The molecule has 0 aromatic carbocycles. The number of unbranched alkanes of at least 4 members (excludes halogenated alkanes) is 21. The Kier molecular flexibility index (Phi) is 48.4. The van der Waals surface area contributed by atoms with Gasteiger partial charge in [0, 0.05) is 19.4 Å². The van der Waals surface area contributed by atoms with Gasteiger partial charge >= 0.3 is 19.8 Å². The van der Waals surface area contributed by atoms with Crippen LogP contribution in [0.5, 0.6) is 0 Å². The molecule has 0 heterocycles. The number of nitrogens with two attached hydrogens (primary N) is 1. The third-order valence-electron chi connectivity index (χ3n) is 10.8. The summed E-state index contributed by atoms with van der Waals surface area (Å²) in [6.45, 7) is 3.59.